The number of hydrogen-bond acceptors (Lipinski definition) is 4. The second-order valence-electron chi connectivity index (χ2n) is 7.19. The lowest BCUT2D eigenvalue weighted by molar-refractivity contribution is -0.118. The van der Waals surface area contributed by atoms with Gasteiger partial charge in [0.2, 0.25) is 10.0 Å². The van der Waals surface area contributed by atoms with Gasteiger partial charge in [-0.3, -0.25) is 9.10 Å². The van der Waals surface area contributed by atoms with Crippen LogP contribution in [0.5, 0.6) is 5.75 Å². The summed E-state index contributed by atoms with van der Waals surface area (Å²) in [6.45, 7) is 1.82. The van der Waals surface area contributed by atoms with Gasteiger partial charge in [0.1, 0.15) is 5.75 Å². The molecular formula is C23H22Cl2N2O4S. The van der Waals surface area contributed by atoms with Crippen molar-refractivity contribution in [2.45, 2.75) is 13.5 Å². The summed E-state index contributed by atoms with van der Waals surface area (Å²) in [6, 6.07) is 18.7. The number of halogens is 2. The molecule has 6 nitrogen and oxygen atoms in total. The highest BCUT2D eigenvalue weighted by atomic mass is 35.5. The van der Waals surface area contributed by atoms with Crippen molar-refractivity contribution in [1.29, 1.82) is 0 Å². The molecule has 0 unspecified atom stereocenters. The molecule has 0 heterocycles. The summed E-state index contributed by atoms with van der Waals surface area (Å²) in [6.07, 6.45) is 1.15. The second-order valence-corrected chi connectivity index (χ2v) is 9.97. The van der Waals surface area contributed by atoms with Gasteiger partial charge in [-0.25, -0.2) is 8.42 Å². The molecule has 1 amide bonds. The van der Waals surface area contributed by atoms with Crippen LogP contribution in [0.1, 0.15) is 11.1 Å². The van der Waals surface area contributed by atoms with E-state index in [9.17, 15) is 13.2 Å². The first-order valence-electron chi connectivity index (χ1n) is 9.63. The maximum atomic E-state index is 12.3. The number of amides is 1. The van der Waals surface area contributed by atoms with E-state index in [-0.39, 0.29) is 19.1 Å². The molecule has 0 radical (unpaired) electrons. The molecule has 1 N–H and O–H groups in total. The third kappa shape index (κ3) is 6.63. The molecule has 0 atom stereocenters. The Kier molecular flexibility index (Phi) is 7.66. The van der Waals surface area contributed by atoms with Gasteiger partial charge in [0.25, 0.3) is 5.91 Å². The van der Waals surface area contributed by atoms with Crippen LogP contribution >= 0.6 is 23.2 Å². The molecule has 0 aromatic heterocycles. The minimum Gasteiger partial charge on any atom is -0.484 e. The number of nitrogens with one attached hydrogen (secondary N) is 1. The Morgan fingerprint density at radius 3 is 2.19 bits per heavy atom. The molecule has 9 heteroatoms. The van der Waals surface area contributed by atoms with E-state index in [1.165, 1.54) is 4.31 Å². The Labute approximate surface area is 197 Å². The van der Waals surface area contributed by atoms with Crippen molar-refractivity contribution in [2.75, 3.05) is 22.5 Å². The summed E-state index contributed by atoms with van der Waals surface area (Å²) in [7, 11) is -3.52. The molecule has 168 valence electrons. The number of benzene rings is 3. The number of nitrogens with zero attached hydrogens (tertiary/aromatic N) is 1. The van der Waals surface area contributed by atoms with Crippen molar-refractivity contribution >= 4 is 50.5 Å². The Morgan fingerprint density at radius 1 is 0.969 bits per heavy atom. The molecular weight excluding hydrogens is 471 g/mol. The summed E-state index contributed by atoms with van der Waals surface area (Å²) in [5.74, 6) is 0.122. The monoisotopic (exact) mass is 492 g/mol. The molecule has 32 heavy (non-hydrogen) atoms. The highest BCUT2D eigenvalue weighted by Gasteiger charge is 2.18. The van der Waals surface area contributed by atoms with Crippen LogP contribution in [0.4, 0.5) is 11.4 Å². The Balaban J connectivity index is 1.64. The van der Waals surface area contributed by atoms with Crippen molar-refractivity contribution in [3.63, 3.8) is 0 Å². The summed E-state index contributed by atoms with van der Waals surface area (Å²) in [4.78, 5) is 12.2. The quantitative estimate of drug-likeness (QED) is 0.463. The van der Waals surface area contributed by atoms with Crippen LogP contribution in [0.3, 0.4) is 0 Å². The molecule has 3 aromatic rings. The fourth-order valence-corrected chi connectivity index (χ4v) is 4.21. The number of rotatable bonds is 8. The van der Waals surface area contributed by atoms with Crippen LogP contribution in [0.25, 0.3) is 0 Å². The molecule has 0 saturated heterocycles. The van der Waals surface area contributed by atoms with E-state index in [0.717, 1.165) is 17.4 Å². The molecule has 0 fully saturated rings. The molecule has 0 aliphatic rings. The minimum absolute atomic E-state index is 0.166. The Bertz CT molecular complexity index is 1200. The topological polar surface area (TPSA) is 75.7 Å². The summed E-state index contributed by atoms with van der Waals surface area (Å²) < 4.78 is 31.5. The van der Waals surface area contributed by atoms with Gasteiger partial charge in [-0.15, -0.1) is 0 Å². The molecule has 3 aromatic carbocycles. The third-order valence-electron chi connectivity index (χ3n) is 4.60. The van der Waals surface area contributed by atoms with Crippen LogP contribution in [0.2, 0.25) is 10.0 Å². The average molecular weight is 493 g/mol. The first kappa shape index (κ1) is 23.9. The van der Waals surface area contributed by atoms with Crippen molar-refractivity contribution < 1.29 is 17.9 Å². The lowest BCUT2D eigenvalue weighted by Crippen LogP contribution is -2.29. The van der Waals surface area contributed by atoms with Crippen molar-refractivity contribution in [2.24, 2.45) is 0 Å². The Hall–Kier alpha value is -2.74. The molecule has 0 aliphatic carbocycles. The van der Waals surface area contributed by atoms with Gasteiger partial charge in [0, 0.05) is 15.7 Å². The number of sulfonamides is 1. The predicted molar refractivity (Wildman–Crippen MR) is 129 cm³/mol. The number of hydrogen-bond donors (Lipinski definition) is 1. The lowest BCUT2D eigenvalue weighted by atomic mass is 10.2. The molecule has 0 saturated carbocycles. The lowest BCUT2D eigenvalue weighted by Gasteiger charge is -2.23. The van der Waals surface area contributed by atoms with E-state index in [4.69, 9.17) is 27.9 Å². The maximum absolute atomic E-state index is 12.3. The van der Waals surface area contributed by atoms with Gasteiger partial charge in [-0.05, 0) is 72.6 Å². The van der Waals surface area contributed by atoms with Gasteiger partial charge in [-0.1, -0.05) is 35.3 Å². The Morgan fingerprint density at radius 2 is 1.59 bits per heavy atom. The maximum Gasteiger partial charge on any atom is 0.262 e. The molecule has 3 rings (SSSR count). The summed E-state index contributed by atoms with van der Waals surface area (Å²) >= 11 is 11.8. The van der Waals surface area contributed by atoms with Crippen molar-refractivity contribution in [3.8, 4) is 5.75 Å². The van der Waals surface area contributed by atoms with Crippen LogP contribution in [0.15, 0.2) is 66.7 Å². The van der Waals surface area contributed by atoms with E-state index in [0.29, 0.717) is 27.2 Å². The summed E-state index contributed by atoms with van der Waals surface area (Å²) in [5.41, 5.74) is 2.78. The van der Waals surface area contributed by atoms with E-state index in [2.05, 4.69) is 5.32 Å². The minimum atomic E-state index is -3.52. The van der Waals surface area contributed by atoms with E-state index < -0.39 is 10.0 Å². The predicted octanol–water partition coefficient (Wildman–Crippen LogP) is 5.29. The average Bonchev–Trinajstić information content (AvgIpc) is 2.73. The number of ether oxygens (including phenoxy) is 1. The zero-order chi connectivity index (χ0) is 23.3. The zero-order valence-corrected chi connectivity index (χ0v) is 19.8. The van der Waals surface area contributed by atoms with Crippen LogP contribution in [0, 0.1) is 6.92 Å². The van der Waals surface area contributed by atoms with Gasteiger partial charge >= 0.3 is 0 Å². The molecule has 0 bridgehead atoms. The highest BCUT2D eigenvalue weighted by Crippen LogP contribution is 2.24. The van der Waals surface area contributed by atoms with Crippen LogP contribution in [-0.2, 0) is 21.4 Å². The van der Waals surface area contributed by atoms with Gasteiger partial charge in [0.05, 0.1) is 18.5 Å². The van der Waals surface area contributed by atoms with Crippen LogP contribution in [-0.4, -0.2) is 27.2 Å². The first-order chi connectivity index (χ1) is 15.1. The van der Waals surface area contributed by atoms with E-state index in [1.54, 1.807) is 66.7 Å². The highest BCUT2D eigenvalue weighted by molar-refractivity contribution is 7.92. The standard InChI is InChI=1S/C23H22Cl2N2O4S/c1-16-13-19(25)7-12-22(16)26-23(28)15-31-21-10-8-20(9-11-21)27(32(2,29)30)14-17-3-5-18(24)6-4-17/h3-13H,14-15H2,1-2H3,(H,26,28). The second kappa shape index (κ2) is 10.3. The van der Waals surface area contributed by atoms with Gasteiger partial charge in [0.15, 0.2) is 6.61 Å². The fraction of sp³-hybridized carbons (Fsp3) is 0.174. The number of carbonyl (C=O) groups is 1. The van der Waals surface area contributed by atoms with E-state index in [1.807, 2.05) is 6.92 Å². The summed E-state index contributed by atoms with van der Waals surface area (Å²) in [5, 5.41) is 3.94. The normalized spacial score (nSPS) is 11.1. The number of anilines is 2. The van der Waals surface area contributed by atoms with Crippen LogP contribution < -0.4 is 14.4 Å². The SMILES string of the molecule is Cc1cc(Cl)ccc1NC(=O)COc1ccc(N(Cc2ccc(Cl)cc2)S(C)(=O)=O)cc1. The smallest absolute Gasteiger partial charge is 0.262 e. The largest absolute Gasteiger partial charge is 0.484 e. The molecule has 0 spiro atoms. The molecule has 0 aliphatic heterocycles. The van der Waals surface area contributed by atoms with Gasteiger partial charge in [-0.2, -0.15) is 0 Å². The third-order valence-corrected chi connectivity index (χ3v) is 6.22. The van der Waals surface area contributed by atoms with Crippen molar-refractivity contribution in [1.82, 2.24) is 0 Å². The first-order valence-corrected chi connectivity index (χ1v) is 12.2. The fourth-order valence-electron chi connectivity index (χ4n) is 2.97. The zero-order valence-electron chi connectivity index (χ0n) is 17.5. The number of carbonyl (C=O) groups excluding carboxylic acids is 1. The van der Waals surface area contributed by atoms with Crippen molar-refractivity contribution in [3.05, 3.63) is 87.9 Å². The number of aryl methyl sites for hydroxylation is 1. The van der Waals surface area contributed by atoms with Gasteiger partial charge < -0.3 is 10.1 Å². The van der Waals surface area contributed by atoms with E-state index >= 15 is 0 Å².